The Hall–Kier alpha value is -2.24. The van der Waals surface area contributed by atoms with Crippen molar-refractivity contribution in [1.82, 2.24) is 10.3 Å². The summed E-state index contributed by atoms with van der Waals surface area (Å²) in [7, 11) is -7.08. The van der Waals surface area contributed by atoms with E-state index in [0.29, 0.717) is 12.8 Å². The van der Waals surface area contributed by atoms with Crippen LogP contribution in [0, 0.1) is 6.92 Å². The summed E-state index contributed by atoms with van der Waals surface area (Å²) < 4.78 is 41.2. The topological polar surface area (TPSA) is 75.3 Å². The number of hydrogen-bond acceptors (Lipinski definition) is 4. The SMILES string of the molecule is Cc1ccc(S(=O)(=O)NNC2(P(=O)(c3ccccc3)c3ccccc3)CCCCC2)cc1. The van der Waals surface area contributed by atoms with Crippen molar-refractivity contribution in [3.63, 3.8) is 0 Å². The van der Waals surface area contributed by atoms with E-state index in [1.54, 1.807) is 24.3 Å². The molecule has 3 aromatic rings. The number of sulfonamides is 1. The molecule has 0 heterocycles. The molecule has 1 saturated carbocycles. The lowest BCUT2D eigenvalue weighted by Crippen LogP contribution is -2.57. The minimum absolute atomic E-state index is 0.177. The van der Waals surface area contributed by atoms with E-state index in [0.717, 1.165) is 35.4 Å². The van der Waals surface area contributed by atoms with Crippen LogP contribution in [0.3, 0.4) is 0 Å². The normalized spacial score (nSPS) is 16.5. The molecule has 2 N–H and O–H groups in total. The number of hydrazine groups is 1. The molecule has 0 bridgehead atoms. The molecule has 0 unspecified atom stereocenters. The largest absolute Gasteiger partial charge is 0.312 e. The van der Waals surface area contributed by atoms with Gasteiger partial charge < -0.3 is 4.57 Å². The molecule has 32 heavy (non-hydrogen) atoms. The van der Waals surface area contributed by atoms with Gasteiger partial charge in [-0.15, -0.1) is 4.83 Å². The maximum absolute atomic E-state index is 15.1. The fourth-order valence-electron chi connectivity index (χ4n) is 4.51. The molecule has 3 aromatic carbocycles. The van der Waals surface area contributed by atoms with Gasteiger partial charge in [-0.3, -0.25) is 0 Å². The van der Waals surface area contributed by atoms with Crippen LogP contribution in [0.15, 0.2) is 89.8 Å². The van der Waals surface area contributed by atoms with Gasteiger partial charge in [-0.25, -0.2) is 13.8 Å². The standard InChI is InChI=1S/C25H29N2O3PS/c1-21-15-17-24(18-16-21)32(29,30)27-26-25(19-9-4-10-20-25)31(28,22-11-5-2-6-12-22)23-13-7-3-8-14-23/h2-3,5-8,11-18,26-27H,4,9-10,19-20H2,1H3. The highest BCUT2D eigenvalue weighted by molar-refractivity contribution is 7.89. The lowest BCUT2D eigenvalue weighted by Gasteiger charge is -2.44. The van der Waals surface area contributed by atoms with Crippen molar-refractivity contribution in [1.29, 1.82) is 0 Å². The van der Waals surface area contributed by atoms with Gasteiger partial charge in [0.15, 0.2) is 7.14 Å². The lowest BCUT2D eigenvalue weighted by molar-refractivity contribution is 0.309. The maximum Gasteiger partial charge on any atom is 0.253 e. The van der Waals surface area contributed by atoms with Gasteiger partial charge >= 0.3 is 0 Å². The van der Waals surface area contributed by atoms with E-state index in [1.807, 2.05) is 67.6 Å². The molecule has 7 heteroatoms. The van der Waals surface area contributed by atoms with Gasteiger partial charge in [-0.05, 0) is 31.9 Å². The number of hydrogen-bond donors (Lipinski definition) is 2. The third-order valence-electron chi connectivity index (χ3n) is 6.27. The average molecular weight is 469 g/mol. The highest BCUT2D eigenvalue weighted by atomic mass is 32.2. The van der Waals surface area contributed by atoms with E-state index in [2.05, 4.69) is 10.3 Å². The lowest BCUT2D eigenvalue weighted by atomic mass is 9.95. The van der Waals surface area contributed by atoms with Gasteiger partial charge in [0.2, 0.25) is 0 Å². The Morgan fingerprint density at radius 1 is 0.750 bits per heavy atom. The van der Waals surface area contributed by atoms with Crippen LogP contribution in [0.5, 0.6) is 0 Å². The Morgan fingerprint density at radius 2 is 1.25 bits per heavy atom. The van der Waals surface area contributed by atoms with Crippen molar-refractivity contribution in [3.05, 3.63) is 90.5 Å². The molecule has 0 radical (unpaired) electrons. The van der Waals surface area contributed by atoms with Crippen LogP contribution in [0.1, 0.15) is 37.7 Å². The van der Waals surface area contributed by atoms with Crippen molar-refractivity contribution in [2.75, 3.05) is 0 Å². The van der Waals surface area contributed by atoms with E-state index in [4.69, 9.17) is 0 Å². The number of rotatable bonds is 7. The zero-order valence-corrected chi connectivity index (χ0v) is 19.9. The van der Waals surface area contributed by atoms with Gasteiger partial charge in [0.1, 0.15) is 0 Å². The molecule has 1 fully saturated rings. The van der Waals surface area contributed by atoms with Crippen molar-refractivity contribution >= 4 is 27.8 Å². The summed E-state index contributed by atoms with van der Waals surface area (Å²) in [5.41, 5.74) is 4.11. The minimum atomic E-state index is -3.82. The van der Waals surface area contributed by atoms with E-state index in [-0.39, 0.29) is 4.90 Å². The molecule has 1 aliphatic rings. The first kappa shape index (κ1) is 22.9. The summed E-state index contributed by atoms with van der Waals surface area (Å²) >= 11 is 0. The molecule has 1 aliphatic carbocycles. The van der Waals surface area contributed by atoms with Crippen LogP contribution < -0.4 is 20.9 Å². The molecule has 0 amide bonds. The predicted octanol–water partition coefficient (Wildman–Crippen LogP) is 4.45. The van der Waals surface area contributed by atoms with Crippen LogP contribution in [-0.2, 0) is 14.6 Å². The first-order chi connectivity index (χ1) is 15.4. The zero-order valence-electron chi connectivity index (χ0n) is 18.2. The van der Waals surface area contributed by atoms with Gasteiger partial charge in [0, 0.05) is 10.6 Å². The Morgan fingerprint density at radius 3 is 1.75 bits per heavy atom. The second-order valence-corrected chi connectivity index (χ2v) is 13.2. The average Bonchev–Trinajstić information content (AvgIpc) is 2.84. The number of aryl methyl sites for hydroxylation is 1. The van der Waals surface area contributed by atoms with Gasteiger partial charge in [-0.1, -0.05) is 97.6 Å². The molecule has 0 aliphatic heterocycles. The van der Waals surface area contributed by atoms with E-state index >= 15 is 4.57 Å². The first-order valence-corrected chi connectivity index (χ1v) is 14.1. The molecule has 5 nitrogen and oxygen atoms in total. The molecule has 168 valence electrons. The first-order valence-electron chi connectivity index (χ1n) is 10.9. The van der Waals surface area contributed by atoms with Crippen LogP contribution in [0.4, 0.5) is 0 Å². The Kier molecular flexibility index (Phi) is 6.68. The van der Waals surface area contributed by atoms with E-state index in [9.17, 15) is 8.42 Å². The second kappa shape index (κ2) is 9.32. The molecule has 0 aromatic heterocycles. The highest BCUT2D eigenvalue weighted by Gasteiger charge is 2.51. The van der Waals surface area contributed by atoms with Gasteiger partial charge in [-0.2, -0.15) is 0 Å². The fourth-order valence-corrected chi connectivity index (χ4v) is 9.16. The summed E-state index contributed by atoms with van der Waals surface area (Å²) in [6.45, 7) is 1.91. The summed E-state index contributed by atoms with van der Waals surface area (Å²) in [5, 5.41) is 0.552. The Bertz CT molecular complexity index is 1150. The maximum atomic E-state index is 15.1. The van der Waals surface area contributed by atoms with Crippen LogP contribution in [-0.4, -0.2) is 13.7 Å². The quantitative estimate of drug-likeness (QED) is 0.397. The third-order valence-corrected chi connectivity index (χ3v) is 11.4. The third kappa shape index (κ3) is 4.33. The van der Waals surface area contributed by atoms with Crippen LogP contribution in [0.25, 0.3) is 0 Å². The minimum Gasteiger partial charge on any atom is -0.312 e. The molecule has 4 rings (SSSR count). The van der Waals surface area contributed by atoms with Crippen LogP contribution >= 0.6 is 7.14 Å². The highest BCUT2D eigenvalue weighted by Crippen LogP contribution is 2.60. The van der Waals surface area contributed by atoms with Gasteiger partial charge in [0.25, 0.3) is 10.0 Å². The van der Waals surface area contributed by atoms with Crippen LogP contribution in [0.2, 0.25) is 0 Å². The molecule has 0 atom stereocenters. The Labute approximate surface area is 190 Å². The fraction of sp³-hybridized carbons (Fsp3) is 0.280. The predicted molar refractivity (Wildman–Crippen MR) is 130 cm³/mol. The van der Waals surface area contributed by atoms with Gasteiger partial charge in [0.05, 0.1) is 10.2 Å². The Balaban J connectivity index is 1.78. The van der Waals surface area contributed by atoms with Crippen molar-refractivity contribution in [3.8, 4) is 0 Å². The summed E-state index contributed by atoms with van der Waals surface area (Å²) in [6, 6.07) is 25.6. The van der Waals surface area contributed by atoms with Crippen molar-refractivity contribution in [2.24, 2.45) is 0 Å². The van der Waals surface area contributed by atoms with E-state index < -0.39 is 22.4 Å². The number of benzene rings is 3. The zero-order chi connectivity index (χ0) is 22.7. The second-order valence-electron chi connectivity index (χ2n) is 8.42. The van der Waals surface area contributed by atoms with Crippen molar-refractivity contribution < 1.29 is 13.0 Å². The van der Waals surface area contributed by atoms with E-state index in [1.165, 1.54) is 0 Å². The molecule has 0 saturated heterocycles. The summed E-state index contributed by atoms with van der Waals surface area (Å²) in [4.78, 5) is 2.78. The molecule has 0 spiro atoms. The monoisotopic (exact) mass is 468 g/mol. The summed E-state index contributed by atoms with van der Waals surface area (Å²) in [6.07, 6.45) is 4.03. The number of nitrogens with one attached hydrogen (secondary N) is 2. The summed E-state index contributed by atoms with van der Waals surface area (Å²) in [5.74, 6) is 0. The molecular formula is C25H29N2O3PS. The smallest absolute Gasteiger partial charge is 0.253 e. The van der Waals surface area contributed by atoms with Crippen molar-refractivity contribution in [2.45, 2.75) is 49.2 Å². The molecular weight excluding hydrogens is 439 g/mol.